The summed E-state index contributed by atoms with van der Waals surface area (Å²) in [6, 6.07) is 6.98. The van der Waals surface area contributed by atoms with Crippen molar-refractivity contribution in [2.75, 3.05) is 0 Å². The summed E-state index contributed by atoms with van der Waals surface area (Å²) in [5.41, 5.74) is 8.17. The second-order valence-electron chi connectivity index (χ2n) is 5.27. The molecule has 0 spiro atoms. The minimum absolute atomic E-state index is 0.0133. The average molecular weight is 261 g/mol. The van der Waals surface area contributed by atoms with Gasteiger partial charge in [-0.2, -0.15) is 5.10 Å². The molecular formula is C15H20FN3. The molecule has 0 bridgehead atoms. The smallest absolute Gasteiger partial charge is 0.149 e. The van der Waals surface area contributed by atoms with E-state index in [1.54, 1.807) is 16.9 Å². The third kappa shape index (κ3) is 3.01. The molecule has 0 aliphatic heterocycles. The number of benzene rings is 1. The summed E-state index contributed by atoms with van der Waals surface area (Å²) >= 11 is 0. The Morgan fingerprint density at radius 3 is 2.58 bits per heavy atom. The molecule has 4 heteroatoms. The van der Waals surface area contributed by atoms with Gasteiger partial charge in [0.15, 0.2) is 0 Å². The van der Waals surface area contributed by atoms with Crippen molar-refractivity contribution in [3.8, 4) is 5.69 Å². The molecule has 19 heavy (non-hydrogen) atoms. The SMILES string of the molecule is CC(N)Cc1cccc(F)c1-n1ccc(C(C)C)n1. The fourth-order valence-electron chi connectivity index (χ4n) is 2.10. The Morgan fingerprint density at radius 2 is 2.00 bits per heavy atom. The molecule has 0 saturated carbocycles. The number of para-hydroxylation sites is 1. The first-order valence-electron chi connectivity index (χ1n) is 6.58. The van der Waals surface area contributed by atoms with Crippen molar-refractivity contribution in [1.82, 2.24) is 9.78 Å². The van der Waals surface area contributed by atoms with Crippen molar-refractivity contribution in [3.63, 3.8) is 0 Å². The zero-order valence-electron chi connectivity index (χ0n) is 11.6. The first kappa shape index (κ1) is 13.7. The minimum atomic E-state index is -0.267. The van der Waals surface area contributed by atoms with E-state index in [9.17, 15) is 4.39 Å². The lowest BCUT2D eigenvalue weighted by Crippen LogP contribution is -2.19. The molecule has 1 unspecified atom stereocenters. The van der Waals surface area contributed by atoms with Crippen molar-refractivity contribution >= 4 is 0 Å². The maximum Gasteiger partial charge on any atom is 0.149 e. The summed E-state index contributed by atoms with van der Waals surface area (Å²) in [5, 5.41) is 4.44. The van der Waals surface area contributed by atoms with Crippen LogP contribution in [-0.4, -0.2) is 15.8 Å². The van der Waals surface area contributed by atoms with E-state index in [1.165, 1.54) is 6.07 Å². The van der Waals surface area contributed by atoms with Crippen LogP contribution < -0.4 is 5.73 Å². The molecule has 0 radical (unpaired) electrons. The molecule has 0 amide bonds. The van der Waals surface area contributed by atoms with Gasteiger partial charge >= 0.3 is 0 Å². The van der Waals surface area contributed by atoms with Crippen LogP contribution in [0, 0.1) is 5.82 Å². The highest BCUT2D eigenvalue weighted by atomic mass is 19.1. The van der Waals surface area contributed by atoms with E-state index in [2.05, 4.69) is 18.9 Å². The van der Waals surface area contributed by atoms with Gasteiger partial charge in [0.25, 0.3) is 0 Å². The second kappa shape index (κ2) is 5.53. The predicted octanol–water partition coefficient (Wildman–Crippen LogP) is 3.02. The van der Waals surface area contributed by atoms with Gasteiger partial charge in [-0.1, -0.05) is 26.0 Å². The molecule has 2 aromatic rings. The van der Waals surface area contributed by atoms with Gasteiger partial charge in [-0.15, -0.1) is 0 Å². The quantitative estimate of drug-likeness (QED) is 0.919. The first-order chi connectivity index (χ1) is 8.99. The Hall–Kier alpha value is -1.68. The number of nitrogens with zero attached hydrogens (tertiary/aromatic N) is 2. The maximum absolute atomic E-state index is 14.1. The molecule has 1 aromatic carbocycles. The van der Waals surface area contributed by atoms with Crippen molar-refractivity contribution in [1.29, 1.82) is 0 Å². The van der Waals surface area contributed by atoms with Crippen molar-refractivity contribution < 1.29 is 4.39 Å². The van der Waals surface area contributed by atoms with E-state index >= 15 is 0 Å². The third-order valence-electron chi connectivity index (χ3n) is 3.04. The molecule has 0 fully saturated rings. The zero-order valence-corrected chi connectivity index (χ0v) is 11.6. The number of rotatable bonds is 4. The number of hydrogen-bond acceptors (Lipinski definition) is 2. The van der Waals surface area contributed by atoms with Crippen LogP contribution in [-0.2, 0) is 6.42 Å². The summed E-state index contributed by atoms with van der Waals surface area (Å²) in [5.74, 6) is 0.0569. The van der Waals surface area contributed by atoms with E-state index in [0.717, 1.165) is 11.3 Å². The van der Waals surface area contributed by atoms with Crippen LogP contribution >= 0.6 is 0 Å². The lowest BCUT2D eigenvalue weighted by atomic mass is 10.1. The summed E-state index contributed by atoms with van der Waals surface area (Å²) in [6.07, 6.45) is 2.43. The Morgan fingerprint density at radius 1 is 1.26 bits per heavy atom. The van der Waals surface area contributed by atoms with Crippen molar-refractivity contribution in [2.24, 2.45) is 5.73 Å². The fraction of sp³-hybridized carbons (Fsp3) is 0.400. The van der Waals surface area contributed by atoms with Crippen LogP contribution in [0.5, 0.6) is 0 Å². The van der Waals surface area contributed by atoms with E-state index in [0.29, 0.717) is 18.0 Å². The monoisotopic (exact) mass is 261 g/mol. The molecule has 1 aromatic heterocycles. The molecule has 0 aliphatic rings. The summed E-state index contributed by atoms with van der Waals surface area (Å²) in [4.78, 5) is 0. The van der Waals surface area contributed by atoms with Crippen molar-refractivity contribution in [2.45, 2.75) is 39.2 Å². The van der Waals surface area contributed by atoms with Gasteiger partial charge in [0, 0.05) is 12.2 Å². The molecular weight excluding hydrogens is 241 g/mol. The molecule has 0 aliphatic carbocycles. The van der Waals surface area contributed by atoms with E-state index in [4.69, 9.17) is 5.73 Å². The number of hydrogen-bond donors (Lipinski definition) is 1. The lowest BCUT2D eigenvalue weighted by Gasteiger charge is -2.12. The van der Waals surface area contributed by atoms with Gasteiger partial charge in [0.2, 0.25) is 0 Å². The van der Waals surface area contributed by atoms with Gasteiger partial charge in [0.1, 0.15) is 11.5 Å². The molecule has 2 N–H and O–H groups in total. The molecule has 1 atom stereocenters. The highest BCUT2D eigenvalue weighted by Gasteiger charge is 2.14. The maximum atomic E-state index is 14.1. The Bertz CT molecular complexity index is 558. The molecule has 2 rings (SSSR count). The van der Waals surface area contributed by atoms with Gasteiger partial charge in [-0.05, 0) is 37.0 Å². The second-order valence-corrected chi connectivity index (χ2v) is 5.27. The lowest BCUT2D eigenvalue weighted by molar-refractivity contribution is 0.601. The summed E-state index contributed by atoms with van der Waals surface area (Å²) in [6.45, 7) is 6.05. The Kier molecular flexibility index (Phi) is 4.00. The predicted molar refractivity (Wildman–Crippen MR) is 75.0 cm³/mol. The normalized spacial score (nSPS) is 12.9. The topological polar surface area (TPSA) is 43.8 Å². The van der Waals surface area contributed by atoms with E-state index < -0.39 is 0 Å². The van der Waals surface area contributed by atoms with Crippen molar-refractivity contribution in [3.05, 3.63) is 47.5 Å². The molecule has 3 nitrogen and oxygen atoms in total. The number of halogens is 1. The van der Waals surface area contributed by atoms with Gasteiger partial charge in [0.05, 0.1) is 5.69 Å². The van der Waals surface area contributed by atoms with Gasteiger partial charge < -0.3 is 5.73 Å². The molecule has 102 valence electrons. The standard InChI is InChI=1S/C15H20FN3/c1-10(2)14-7-8-19(18-14)15-12(9-11(3)17)5-4-6-13(15)16/h4-8,10-11H,9,17H2,1-3H3. The van der Waals surface area contributed by atoms with E-state index in [1.807, 2.05) is 19.1 Å². The molecule has 1 heterocycles. The fourth-order valence-corrected chi connectivity index (χ4v) is 2.10. The highest BCUT2D eigenvalue weighted by molar-refractivity contribution is 5.42. The number of aromatic nitrogens is 2. The number of nitrogens with two attached hydrogens (primary N) is 1. The Balaban J connectivity index is 2.47. The summed E-state index contributed by atoms with van der Waals surface area (Å²) in [7, 11) is 0. The average Bonchev–Trinajstić information content (AvgIpc) is 2.77. The van der Waals surface area contributed by atoms with Crippen LogP contribution in [0.25, 0.3) is 5.69 Å². The van der Waals surface area contributed by atoms with Gasteiger partial charge in [-0.3, -0.25) is 0 Å². The Labute approximate surface area is 113 Å². The first-order valence-corrected chi connectivity index (χ1v) is 6.58. The van der Waals surface area contributed by atoms with Crippen LogP contribution in [0.4, 0.5) is 4.39 Å². The minimum Gasteiger partial charge on any atom is -0.328 e. The largest absolute Gasteiger partial charge is 0.328 e. The van der Waals surface area contributed by atoms with Crippen LogP contribution in [0.15, 0.2) is 30.5 Å². The third-order valence-corrected chi connectivity index (χ3v) is 3.04. The molecule has 0 saturated heterocycles. The van der Waals surface area contributed by atoms with Crippen LogP contribution in [0.2, 0.25) is 0 Å². The highest BCUT2D eigenvalue weighted by Crippen LogP contribution is 2.21. The van der Waals surface area contributed by atoms with Gasteiger partial charge in [-0.25, -0.2) is 9.07 Å². The van der Waals surface area contributed by atoms with E-state index in [-0.39, 0.29) is 11.9 Å². The summed E-state index contributed by atoms with van der Waals surface area (Å²) < 4.78 is 15.7. The van der Waals surface area contributed by atoms with Crippen LogP contribution in [0.1, 0.15) is 37.9 Å². The zero-order chi connectivity index (χ0) is 14.0. The van der Waals surface area contributed by atoms with Crippen LogP contribution in [0.3, 0.4) is 0 Å².